The lowest BCUT2D eigenvalue weighted by Crippen LogP contribution is -2.32. The second-order valence-corrected chi connectivity index (χ2v) is 6.47. The van der Waals surface area contributed by atoms with E-state index in [9.17, 15) is 9.59 Å². The van der Waals surface area contributed by atoms with Crippen molar-refractivity contribution in [1.82, 2.24) is 14.0 Å². The Balaban J connectivity index is 2.24. The van der Waals surface area contributed by atoms with Crippen LogP contribution in [0.25, 0.3) is 21.8 Å². The quantitative estimate of drug-likeness (QED) is 0.716. The van der Waals surface area contributed by atoms with Crippen molar-refractivity contribution in [3.8, 4) is 0 Å². The van der Waals surface area contributed by atoms with E-state index in [1.165, 1.54) is 0 Å². The van der Waals surface area contributed by atoms with Gasteiger partial charge in [-0.15, -0.1) is 0 Å². The van der Waals surface area contributed by atoms with Crippen molar-refractivity contribution >= 4 is 27.7 Å². The Labute approximate surface area is 147 Å². The summed E-state index contributed by atoms with van der Waals surface area (Å²) in [5, 5.41) is 1.58. The molecule has 0 N–H and O–H groups in total. The monoisotopic (exact) mass is 339 g/mol. The molecule has 0 bridgehead atoms. The third-order valence-electron chi connectivity index (χ3n) is 4.96. The molecule has 0 unspecified atom stereocenters. The SMILES string of the molecule is CCCCN(CC)C(=O)c1cc2c(=O)n(C)c3ccccc3c2n1C. The summed E-state index contributed by atoms with van der Waals surface area (Å²) in [5.41, 5.74) is 2.20. The second-order valence-electron chi connectivity index (χ2n) is 6.47. The van der Waals surface area contributed by atoms with E-state index in [1.54, 1.807) is 17.7 Å². The number of aryl methyl sites for hydroxylation is 2. The summed E-state index contributed by atoms with van der Waals surface area (Å²) in [7, 11) is 3.65. The van der Waals surface area contributed by atoms with Crippen molar-refractivity contribution < 1.29 is 4.79 Å². The van der Waals surface area contributed by atoms with Crippen LogP contribution in [-0.4, -0.2) is 33.0 Å². The fourth-order valence-corrected chi connectivity index (χ4v) is 3.47. The van der Waals surface area contributed by atoms with Crippen LogP contribution < -0.4 is 5.56 Å². The fraction of sp³-hybridized carbons (Fsp3) is 0.400. The van der Waals surface area contributed by atoms with Crippen molar-refractivity contribution in [2.75, 3.05) is 13.1 Å². The number of para-hydroxylation sites is 1. The number of fused-ring (bicyclic) bond motifs is 3. The summed E-state index contributed by atoms with van der Waals surface area (Å²) < 4.78 is 3.52. The predicted octanol–water partition coefficient (Wildman–Crippen LogP) is 3.29. The van der Waals surface area contributed by atoms with Crippen LogP contribution in [0.1, 0.15) is 37.2 Å². The van der Waals surface area contributed by atoms with Gasteiger partial charge in [0.05, 0.1) is 16.4 Å². The molecule has 0 saturated heterocycles. The maximum atomic E-state index is 13.0. The summed E-state index contributed by atoms with van der Waals surface area (Å²) in [6, 6.07) is 9.57. The Hall–Kier alpha value is -2.56. The van der Waals surface area contributed by atoms with Crippen molar-refractivity contribution in [2.45, 2.75) is 26.7 Å². The zero-order chi connectivity index (χ0) is 18.1. The highest BCUT2D eigenvalue weighted by Crippen LogP contribution is 2.25. The van der Waals surface area contributed by atoms with Gasteiger partial charge >= 0.3 is 0 Å². The van der Waals surface area contributed by atoms with Crippen LogP contribution >= 0.6 is 0 Å². The number of aromatic nitrogens is 2. The lowest BCUT2D eigenvalue weighted by molar-refractivity contribution is 0.0753. The summed E-state index contributed by atoms with van der Waals surface area (Å²) in [6.07, 6.45) is 2.03. The maximum absolute atomic E-state index is 13.0. The Bertz CT molecular complexity index is 997. The molecule has 0 spiro atoms. The Morgan fingerprint density at radius 2 is 1.80 bits per heavy atom. The van der Waals surface area contributed by atoms with Crippen molar-refractivity contribution in [2.24, 2.45) is 14.1 Å². The summed E-state index contributed by atoms with van der Waals surface area (Å²) in [4.78, 5) is 27.6. The van der Waals surface area contributed by atoms with Gasteiger partial charge < -0.3 is 14.0 Å². The topological polar surface area (TPSA) is 47.2 Å². The van der Waals surface area contributed by atoms with Gasteiger partial charge in [-0.25, -0.2) is 0 Å². The molecule has 132 valence electrons. The molecular weight excluding hydrogens is 314 g/mol. The molecule has 0 radical (unpaired) electrons. The third-order valence-corrected chi connectivity index (χ3v) is 4.96. The number of nitrogens with zero attached hydrogens (tertiary/aromatic N) is 3. The first kappa shape index (κ1) is 17.3. The summed E-state index contributed by atoms with van der Waals surface area (Å²) >= 11 is 0. The van der Waals surface area contributed by atoms with Crippen LogP contribution in [0.3, 0.4) is 0 Å². The van der Waals surface area contributed by atoms with Crippen LogP contribution in [0.2, 0.25) is 0 Å². The molecule has 3 aromatic rings. The van der Waals surface area contributed by atoms with Gasteiger partial charge in [-0.3, -0.25) is 9.59 Å². The van der Waals surface area contributed by atoms with E-state index in [-0.39, 0.29) is 11.5 Å². The van der Waals surface area contributed by atoms with Gasteiger partial charge in [0, 0.05) is 32.6 Å². The zero-order valence-corrected chi connectivity index (χ0v) is 15.4. The van der Waals surface area contributed by atoms with Crippen LogP contribution in [0.5, 0.6) is 0 Å². The first-order chi connectivity index (χ1) is 12.0. The number of rotatable bonds is 5. The highest BCUT2D eigenvalue weighted by molar-refractivity contribution is 6.08. The van der Waals surface area contributed by atoms with Crippen LogP contribution in [0.4, 0.5) is 0 Å². The van der Waals surface area contributed by atoms with Crippen LogP contribution in [0.15, 0.2) is 35.1 Å². The Kier molecular flexibility index (Phi) is 4.66. The fourth-order valence-electron chi connectivity index (χ4n) is 3.47. The van der Waals surface area contributed by atoms with E-state index < -0.39 is 0 Å². The van der Waals surface area contributed by atoms with Gasteiger partial charge in [0.25, 0.3) is 11.5 Å². The Morgan fingerprint density at radius 3 is 2.48 bits per heavy atom. The molecule has 1 amide bonds. The molecule has 3 rings (SSSR count). The highest BCUT2D eigenvalue weighted by Gasteiger charge is 2.21. The molecule has 5 heteroatoms. The molecule has 0 fully saturated rings. The summed E-state index contributed by atoms with van der Waals surface area (Å²) in [6.45, 7) is 5.51. The second kappa shape index (κ2) is 6.75. The number of carbonyl (C=O) groups is 1. The predicted molar refractivity (Wildman–Crippen MR) is 102 cm³/mol. The van der Waals surface area contributed by atoms with E-state index in [2.05, 4.69) is 6.92 Å². The Morgan fingerprint density at radius 1 is 1.08 bits per heavy atom. The highest BCUT2D eigenvalue weighted by atomic mass is 16.2. The summed E-state index contributed by atoms with van der Waals surface area (Å²) in [5.74, 6) is -0.0132. The molecule has 0 aliphatic rings. The van der Waals surface area contributed by atoms with Crippen molar-refractivity contribution in [1.29, 1.82) is 0 Å². The van der Waals surface area contributed by atoms with Crippen LogP contribution in [-0.2, 0) is 14.1 Å². The minimum Gasteiger partial charge on any atom is -0.339 e. The largest absolute Gasteiger partial charge is 0.339 e. The minimum absolute atomic E-state index is 0.0132. The average molecular weight is 339 g/mol. The first-order valence-corrected chi connectivity index (χ1v) is 8.87. The van der Waals surface area contributed by atoms with E-state index in [0.717, 1.165) is 35.8 Å². The number of hydrogen-bond acceptors (Lipinski definition) is 2. The number of carbonyl (C=O) groups excluding carboxylic acids is 1. The van der Waals surface area contributed by atoms with E-state index in [0.29, 0.717) is 17.6 Å². The van der Waals surface area contributed by atoms with Gasteiger partial charge in [-0.05, 0) is 25.5 Å². The van der Waals surface area contributed by atoms with E-state index >= 15 is 0 Å². The molecular formula is C20H25N3O2. The maximum Gasteiger partial charge on any atom is 0.270 e. The molecule has 0 aliphatic carbocycles. The number of unbranched alkanes of at least 4 members (excludes halogenated alkanes) is 1. The van der Waals surface area contributed by atoms with E-state index in [4.69, 9.17) is 0 Å². The lowest BCUT2D eigenvalue weighted by atomic mass is 10.1. The third kappa shape index (κ3) is 2.73. The van der Waals surface area contributed by atoms with Crippen molar-refractivity contribution in [3.05, 3.63) is 46.4 Å². The molecule has 2 heterocycles. The van der Waals surface area contributed by atoms with Gasteiger partial charge in [0.1, 0.15) is 5.69 Å². The molecule has 1 aromatic carbocycles. The van der Waals surface area contributed by atoms with Crippen molar-refractivity contribution in [3.63, 3.8) is 0 Å². The molecule has 2 aromatic heterocycles. The number of benzene rings is 1. The smallest absolute Gasteiger partial charge is 0.270 e. The van der Waals surface area contributed by atoms with Gasteiger partial charge in [-0.1, -0.05) is 31.5 Å². The first-order valence-electron chi connectivity index (χ1n) is 8.87. The normalized spacial score (nSPS) is 11.4. The lowest BCUT2D eigenvalue weighted by Gasteiger charge is -2.20. The van der Waals surface area contributed by atoms with Gasteiger partial charge in [0.15, 0.2) is 0 Å². The number of amides is 1. The average Bonchev–Trinajstić information content (AvgIpc) is 2.97. The minimum atomic E-state index is -0.0695. The van der Waals surface area contributed by atoms with Gasteiger partial charge in [-0.2, -0.15) is 0 Å². The van der Waals surface area contributed by atoms with Crippen LogP contribution in [0, 0.1) is 0 Å². The standard InChI is InChI=1S/C20H25N3O2/c1-5-7-12-23(6-2)20(25)17-13-15-18(21(17)3)14-10-8-9-11-16(14)22(4)19(15)24/h8-11,13H,5-7,12H2,1-4H3. The number of pyridine rings is 1. The van der Waals surface area contributed by atoms with E-state index in [1.807, 2.05) is 47.7 Å². The molecule has 0 saturated carbocycles. The molecule has 0 atom stereocenters. The molecule has 25 heavy (non-hydrogen) atoms. The number of hydrogen-bond donors (Lipinski definition) is 0. The zero-order valence-electron chi connectivity index (χ0n) is 15.4. The molecule has 5 nitrogen and oxygen atoms in total. The molecule has 0 aliphatic heterocycles. The van der Waals surface area contributed by atoms with Gasteiger partial charge in [0.2, 0.25) is 0 Å².